The minimum absolute atomic E-state index is 0.0227. The SMILES string of the molecule is Cc1cc(-c2cccnc2)cc2c1C(=O)N(c1ccn[nH]1)C2. The number of rotatable bonds is 2. The molecule has 0 aliphatic carbocycles. The van der Waals surface area contributed by atoms with Gasteiger partial charge in [0.15, 0.2) is 0 Å². The van der Waals surface area contributed by atoms with Gasteiger partial charge in [0.2, 0.25) is 0 Å². The topological polar surface area (TPSA) is 61.9 Å². The van der Waals surface area contributed by atoms with Gasteiger partial charge in [0.25, 0.3) is 5.91 Å². The Morgan fingerprint density at radius 3 is 2.82 bits per heavy atom. The normalized spacial score (nSPS) is 13.5. The molecule has 1 N–H and O–H groups in total. The van der Waals surface area contributed by atoms with Crippen LogP contribution in [0, 0.1) is 6.92 Å². The molecule has 3 aromatic rings. The van der Waals surface area contributed by atoms with E-state index in [1.807, 2.05) is 31.3 Å². The van der Waals surface area contributed by atoms with Crippen molar-refractivity contribution < 1.29 is 4.79 Å². The molecule has 0 radical (unpaired) electrons. The zero-order valence-corrected chi connectivity index (χ0v) is 12.1. The number of fused-ring (bicyclic) bond motifs is 1. The Kier molecular flexibility index (Phi) is 2.79. The monoisotopic (exact) mass is 290 g/mol. The molecule has 0 atom stereocenters. The summed E-state index contributed by atoms with van der Waals surface area (Å²) in [7, 11) is 0. The second kappa shape index (κ2) is 4.80. The lowest BCUT2D eigenvalue weighted by Crippen LogP contribution is -2.23. The highest BCUT2D eigenvalue weighted by molar-refractivity contribution is 6.10. The van der Waals surface area contributed by atoms with E-state index in [0.29, 0.717) is 6.54 Å². The number of amides is 1. The molecule has 0 bridgehead atoms. The van der Waals surface area contributed by atoms with Crippen molar-refractivity contribution in [3.8, 4) is 11.1 Å². The number of pyridine rings is 1. The van der Waals surface area contributed by atoms with Gasteiger partial charge >= 0.3 is 0 Å². The number of hydrogen-bond acceptors (Lipinski definition) is 3. The quantitative estimate of drug-likeness (QED) is 0.789. The summed E-state index contributed by atoms with van der Waals surface area (Å²) in [6.07, 6.45) is 5.25. The van der Waals surface area contributed by atoms with Crippen molar-refractivity contribution in [2.45, 2.75) is 13.5 Å². The summed E-state index contributed by atoms with van der Waals surface area (Å²) >= 11 is 0. The van der Waals surface area contributed by atoms with E-state index < -0.39 is 0 Å². The maximum atomic E-state index is 12.6. The van der Waals surface area contributed by atoms with Gasteiger partial charge in [-0.2, -0.15) is 5.10 Å². The number of benzene rings is 1. The van der Waals surface area contributed by atoms with Crippen LogP contribution in [-0.4, -0.2) is 21.1 Å². The molecule has 1 aliphatic heterocycles. The maximum absolute atomic E-state index is 12.6. The van der Waals surface area contributed by atoms with Crippen LogP contribution in [0.2, 0.25) is 0 Å². The number of nitrogens with zero attached hydrogens (tertiary/aromatic N) is 3. The van der Waals surface area contributed by atoms with Crippen molar-refractivity contribution in [1.82, 2.24) is 15.2 Å². The largest absolute Gasteiger partial charge is 0.289 e. The minimum Gasteiger partial charge on any atom is -0.289 e. The van der Waals surface area contributed by atoms with E-state index in [-0.39, 0.29) is 5.91 Å². The van der Waals surface area contributed by atoms with Gasteiger partial charge in [-0.05, 0) is 35.7 Å². The smallest absolute Gasteiger partial charge is 0.260 e. The second-order valence-corrected chi connectivity index (χ2v) is 5.40. The summed E-state index contributed by atoms with van der Waals surface area (Å²) < 4.78 is 0. The van der Waals surface area contributed by atoms with E-state index in [1.54, 1.807) is 23.4 Å². The van der Waals surface area contributed by atoms with Crippen LogP contribution in [0.15, 0.2) is 48.9 Å². The molecule has 1 aromatic carbocycles. The average molecular weight is 290 g/mol. The first-order chi connectivity index (χ1) is 10.7. The zero-order valence-electron chi connectivity index (χ0n) is 12.1. The van der Waals surface area contributed by atoms with Gasteiger partial charge in [-0.3, -0.25) is 19.8 Å². The van der Waals surface area contributed by atoms with Crippen LogP contribution in [0.25, 0.3) is 11.1 Å². The third kappa shape index (κ3) is 1.90. The second-order valence-electron chi connectivity index (χ2n) is 5.40. The van der Waals surface area contributed by atoms with Crippen molar-refractivity contribution in [1.29, 1.82) is 0 Å². The number of aromatic nitrogens is 3. The van der Waals surface area contributed by atoms with Crippen molar-refractivity contribution in [3.05, 3.63) is 65.6 Å². The van der Waals surface area contributed by atoms with Gasteiger partial charge in [0.1, 0.15) is 5.82 Å². The zero-order chi connectivity index (χ0) is 15.1. The molecule has 108 valence electrons. The van der Waals surface area contributed by atoms with E-state index in [0.717, 1.165) is 33.6 Å². The highest BCUT2D eigenvalue weighted by atomic mass is 16.2. The predicted octanol–water partition coefficient (Wildman–Crippen LogP) is 2.94. The lowest BCUT2D eigenvalue weighted by atomic mass is 9.97. The fraction of sp³-hybridized carbons (Fsp3) is 0.118. The fourth-order valence-corrected chi connectivity index (χ4v) is 2.96. The summed E-state index contributed by atoms with van der Waals surface area (Å²) in [5.41, 5.74) is 4.97. The summed E-state index contributed by atoms with van der Waals surface area (Å²) in [5, 5.41) is 6.78. The Balaban J connectivity index is 1.79. The van der Waals surface area contributed by atoms with Crippen LogP contribution in [0.5, 0.6) is 0 Å². The molecule has 2 aromatic heterocycles. The number of aryl methyl sites for hydroxylation is 1. The first-order valence-corrected chi connectivity index (χ1v) is 7.09. The lowest BCUT2D eigenvalue weighted by Gasteiger charge is -2.12. The molecular weight excluding hydrogens is 276 g/mol. The molecule has 4 rings (SSSR count). The molecule has 0 unspecified atom stereocenters. The lowest BCUT2D eigenvalue weighted by molar-refractivity contribution is 0.0995. The van der Waals surface area contributed by atoms with Crippen LogP contribution < -0.4 is 4.90 Å². The van der Waals surface area contributed by atoms with E-state index in [1.165, 1.54) is 0 Å². The number of carbonyl (C=O) groups excluding carboxylic acids is 1. The van der Waals surface area contributed by atoms with Gasteiger partial charge in [-0.25, -0.2) is 0 Å². The molecule has 1 amide bonds. The molecule has 1 aliphatic rings. The van der Waals surface area contributed by atoms with E-state index in [4.69, 9.17) is 0 Å². The molecule has 0 saturated carbocycles. The summed E-state index contributed by atoms with van der Waals surface area (Å²) in [5.74, 6) is 0.748. The van der Waals surface area contributed by atoms with E-state index >= 15 is 0 Å². The first kappa shape index (κ1) is 12.8. The Hall–Kier alpha value is -2.95. The molecule has 5 heteroatoms. The van der Waals surface area contributed by atoms with Crippen LogP contribution in [0.4, 0.5) is 5.82 Å². The van der Waals surface area contributed by atoms with Crippen molar-refractivity contribution in [2.75, 3.05) is 4.90 Å². The molecule has 3 heterocycles. The number of carbonyl (C=O) groups is 1. The summed E-state index contributed by atoms with van der Waals surface area (Å²) in [6, 6.07) is 9.87. The number of hydrogen-bond donors (Lipinski definition) is 1. The maximum Gasteiger partial charge on any atom is 0.260 e. The van der Waals surface area contributed by atoms with Gasteiger partial charge < -0.3 is 0 Å². The van der Waals surface area contributed by atoms with E-state index in [9.17, 15) is 4.79 Å². The summed E-state index contributed by atoms with van der Waals surface area (Å²) in [6.45, 7) is 2.54. The number of anilines is 1. The van der Waals surface area contributed by atoms with Crippen LogP contribution in [0.1, 0.15) is 21.5 Å². The van der Waals surface area contributed by atoms with Gasteiger partial charge in [0, 0.05) is 29.6 Å². The molecule has 5 nitrogen and oxygen atoms in total. The molecule has 0 spiro atoms. The van der Waals surface area contributed by atoms with Crippen molar-refractivity contribution in [3.63, 3.8) is 0 Å². The number of H-pyrrole nitrogens is 1. The van der Waals surface area contributed by atoms with Crippen LogP contribution in [0.3, 0.4) is 0 Å². The van der Waals surface area contributed by atoms with Gasteiger partial charge in [-0.15, -0.1) is 0 Å². The van der Waals surface area contributed by atoms with Crippen molar-refractivity contribution in [2.24, 2.45) is 0 Å². The number of nitrogens with one attached hydrogen (secondary N) is 1. The molecular formula is C17H14N4O. The van der Waals surface area contributed by atoms with Gasteiger partial charge in [0.05, 0.1) is 12.7 Å². The average Bonchev–Trinajstić information content (AvgIpc) is 3.16. The van der Waals surface area contributed by atoms with Gasteiger partial charge in [-0.1, -0.05) is 12.1 Å². The van der Waals surface area contributed by atoms with Crippen LogP contribution in [-0.2, 0) is 6.54 Å². The highest BCUT2D eigenvalue weighted by Gasteiger charge is 2.31. The third-order valence-corrected chi connectivity index (χ3v) is 3.98. The van der Waals surface area contributed by atoms with Crippen molar-refractivity contribution >= 4 is 11.7 Å². The fourth-order valence-electron chi connectivity index (χ4n) is 2.96. The third-order valence-electron chi connectivity index (χ3n) is 3.98. The molecule has 0 saturated heterocycles. The highest BCUT2D eigenvalue weighted by Crippen LogP contribution is 2.33. The Bertz CT molecular complexity index is 841. The number of aromatic amines is 1. The minimum atomic E-state index is 0.0227. The standard InChI is InChI=1S/C17H14N4O/c1-11-7-13(12-3-2-5-18-9-12)8-14-10-21(17(22)16(11)14)15-4-6-19-20-15/h2-9H,10H2,1H3,(H,19,20). The van der Waals surface area contributed by atoms with E-state index in [2.05, 4.69) is 21.2 Å². The predicted molar refractivity (Wildman–Crippen MR) is 83.5 cm³/mol. The Labute approximate surface area is 127 Å². The Morgan fingerprint density at radius 1 is 1.18 bits per heavy atom. The molecule has 0 fully saturated rings. The summed E-state index contributed by atoms with van der Waals surface area (Å²) in [4.78, 5) is 18.5. The first-order valence-electron chi connectivity index (χ1n) is 7.09. The van der Waals surface area contributed by atoms with Crippen LogP contribution >= 0.6 is 0 Å². The molecule has 22 heavy (non-hydrogen) atoms. The Morgan fingerprint density at radius 2 is 2.09 bits per heavy atom.